The summed E-state index contributed by atoms with van der Waals surface area (Å²) in [5.41, 5.74) is 0. The Morgan fingerprint density at radius 2 is 2.50 bits per heavy atom. The van der Waals surface area contributed by atoms with E-state index in [2.05, 4.69) is 23.6 Å². The minimum absolute atomic E-state index is 0.508. The highest BCUT2D eigenvalue weighted by Gasteiger charge is 1.96. The minimum Gasteiger partial charge on any atom is -0.255 e. The van der Waals surface area contributed by atoms with Crippen LogP contribution in [0.15, 0.2) is 15.9 Å². The van der Waals surface area contributed by atoms with Gasteiger partial charge in [-0.3, -0.25) is 4.72 Å². The molecule has 0 saturated heterocycles. The molecule has 10 heavy (non-hydrogen) atoms. The van der Waals surface area contributed by atoms with Crippen LogP contribution in [0.25, 0.3) is 0 Å². The van der Waals surface area contributed by atoms with Gasteiger partial charge in [0.15, 0.2) is 4.34 Å². The van der Waals surface area contributed by atoms with Crippen molar-refractivity contribution in [2.75, 3.05) is 0 Å². The molecule has 4 heteroatoms. The zero-order chi connectivity index (χ0) is 7.40. The van der Waals surface area contributed by atoms with Gasteiger partial charge in [0.25, 0.3) is 0 Å². The number of aromatic nitrogens is 1. The second-order valence-electron chi connectivity index (χ2n) is 2.17. The molecule has 0 aromatic carbocycles. The second-order valence-corrected chi connectivity index (χ2v) is 4.15. The lowest BCUT2D eigenvalue weighted by atomic mass is 10.4. The van der Waals surface area contributed by atoms with Crippen molar-refractivity contribution in [2.45, 2.75) is 24.2 Å². The fourth-order valence-electron chi connectivity index (χ4n) is 0.429. The fraction of sp³-hybridized carbons (Fsp3) is 0.500. The Hall–Kier alpha value is -0.0600. The average Bonchev–Trinajstić information content (AvgIpc) is 2.34. The van der Waals surface area contributed by atoms with Crippen LogP contribution in [-0.2, 0) is 0 Å². The van der Waals surface area contributed by atoms with E-state index in [4.69, 9.17) is 0 Å². The van der Waals surface area contributed by atoms with E-state index >= 15 is 0 Å². The van der Waals surface area contributed by atoms with Crippen molar-refractivity contribution < 1.29 is 0 Å². The van der Waals surface area contributed by atoms with E-state index < -0.39 is 0 Å². The summed E-state index contributed by atoms with van der Waals surface area (Å²) in [6.07, 6.45) is 1.81. The number of nitrogens with zero attached hydrogens (tertiary/aromatic N) is 1. The maximum Gasteiger partial charge on any atom is 0.164 e. The van der Waals surface area contributed by atoms with Crippen LogP contribution in [0.2, 0.25) is 0 Å². The predicted molar refractivity (Wildman–Crippen MR) is 46.2 cm³/mol. The molecule has 1 aromatic heterocycles. The highest BCUT2D eigenvalue weighted by atomic mass is 32.2. The molecule has 0 bridgehead atoms. The van der Waals surface area contributed by atoms with Gasteiger partial charge in [0.2, 0.25) is 0 Å². The van der Waals surface area contributed by atoms with Gasteiger partial charge in [-0.25, -0.2) is 4.98 Å². The van der Waals surface area contributed by atoms with Crippen molar-refractivity contribution in [3.8, 4) is 0 Å². The molecule has 0 radical (unpaired) electrons. The second kappa shape index (κ2) is 3.95. The molecule has 0 aliphatic rings. The maximum absolute atomic E-state index is 4.11. The Morgan fingerprint density at radius 3 is 3.00 bits per heavy atom. The Balaban J connectivity index is 2.28. The van der Waals surface area contributed by atoms with Crippen molar-refractivity contribution in [3.05, 3.63) is 11.6 Å². The van der Waals surface area contributed by atoms with Crippen molar-refractivity contribution in [2.24, 2.45) is 0 Å². The number of hydrogen-bond donors (Lipinski definition) is 1. The number of nitrogens with one attached hydrogen (secondary N) is 1. The fourth-order valence-corrected chi connectivity index (χ4v) is 1.74. The van der Waals surface area contributed by atoms with Crippen LogP contribution in [0.5, 0.6) is 0 Å². The number of hydrogen-bond acceptors (Lipinski definition) is 4. The van der Waals surface area contributed by atoms with E-state index in [0.717, 1.165) is 4.34 Å². The van der Waals surface area contributed by atoms with Gasteiger partial charge in [-0.1, -0.05) is 0 Å². The lowest BCUT2D eigenvalue weighted by molar-refractivity contribution is 0.770. The average molecular weight is 174 g/mol. The summed E-state index contributed by atoms with van der Waals surface area (Å²) < 4.78 is 4.29. The van der Waals surface area contributed by atoms with Gasteiger partial charge in [-0.05, 0) is 25.8 Å². The van der Waals surface area contributed by atoms with Gasteiger partial charge in [-0.2, -0.15) is 0 Å². The Labute approximate surface area is 69.2 Å². The number of rotatable bonds is 3. The van der Waals surface area contributed by atoms with Gasteiger partial charge in [0, 0.05) is 17.6 Å². The SMILES string of the molecule is CC(C)NSc1nccs1. The Bertz CT molecular complexity index is 172. The third-order valence-corrected chi connectivity index (χ3v) is 2.76. The van der Waals surface area contributed by atoms with Crippen LogP contribution >= 0.6 is 23.3 Å². The maximum atomic E-state index is 4.11. The zero-order valence-electron chi connectivity index (χ0n) is 6.00. The monoisotopic (exact) mass is 174 g/mol. The summed E-state index contributed by atoms with van der Waals surface area (Å²) in [7, 11) is 0. The normalized spacial score (nSPS) is 10.7. The van der Waals surface area contributed by atoms with E-state index in [-0.39, 0.29) is 0 Å². The number of thiazole rings is 1. The molecule has 1 aromatic rings. The van der Waals surface area contributed by atoms with Crippen molar-refractivity contribution >= 4 is 23.3 Å². The van der Waals surface area contributed by atoms with Crippen molar-refractivity contribution in [3.63, 3.8) is 0 Å². The molecule has 0 spiro atoms. The van der Waals surface area contributed by atoms with E-state index in [1.807, 2.05) is 11.6 Å². The summed E-state index contributed by atoms with van der Waals surface area (Å²) in [6.45, 7) is 4.22. The molecule has 56 valence electrons. The quantitative estimate of drug-likeness (QED) is 0.711. The Morgan fingerprint density at radius 1 is 1.70 bits per heavy atom. The lowest BCUT2D eigenvalue weighted by Gasteiger charge is -2.02. The molecule has 0 atom stereocenters. The predicted octanol–water partition coefficient (Wildman–Crippen LogP) is 2.15. The lowest BCUT2D eigenvalue weighted by Crippen LogP contribution is -2.13. The smallest absolute Gasteiger partial charge is 0.164 e. The van der Waals surface area contributed by atoms with Crippen LogP contribution in [0.3, 0.4) is 0 Å². The first kappa shape index (κ1) is 8.04. The first-order valence-electron chi connectivity index (χ1n) is 3.11. The van der Waals surface area contributed by atoms with Crippen molar-refractivity contribution in [1.29, 1.82) is 0 Å². The molecule has 1 rings (SSSR count). The molecule has 0 aliphatic carbocycles. The van der Waals surface area contributed by atoms with Crippen LogP contribution in [0.1, 0.15) is 13.8 Å². The van der Waals surface area contributed by atoms with Gasteiger partial charge in [0.05, 0.1) is 0 Å². The molecule has 0 aliphatic heterocycles. The molecular formula is C6H10N2S2. The molecular weight excluding hydrogens is 164 g/mol. The van der Waals surface area contributed by atoms with Crippen LogP contribution in [-0.4, -0.2) is 11.0 Å². The first-order valence-corrected chi connectivity index (χ1v) is 4.80. The van der Waals surface area contributed by atoms with E-state index in [1.54, 1.807) is 23.3 Å². The van der Waals surface area contributed by atoms with E-state index in [0.29, 0.717) is 6.04 Å². The highest BCUT2D eigenvalue weighted by molar-refractivity contribution is 7.99. The van der Waals surface area contributed by atoms with Gasteiger partial charge < -0.3 is 0 Å². The van der Waals surface area contributed by atoms with Gasteiger partial charge >= 0.3 is 0 Å². The first-order chi connectivity index (χ1) is 4.79. The summed E-state index contributed by atoms with van der Waals surface area (Å²) in [4.78, 5) is 4.11. The zero-order valence-corrected chi connectivity index (χ0v) is 7.63. The highest BCUT2D eigenvalue weighted by Crippen LogP contribution is 2.16. The topological polar surface area (TPSA) is 24.9 Å². The third kappa shape index (κ3) is 2.68. The molecule has 0 saturated carbocycles. The van der Waals surface area contributed by atoms with Gasteiger partial charge in [0.1, 0.15) is 0 Å². The molecule has 0 amide bonds. The van der Waals surface area contributed by atoms with E-state index in [9.17, 15) is 0 Å². The van der Waals surface area contributed by atoms with Crippen molar-refractivity contribution in [1.82, 2.24) is 9.71 Å². The molecule has 0 unspecified atom stereocenters. The summed E-state index contributed by atoms with van der Waals surface area (Å²) in [5, 5.41) is 1.98. The molecule has 2 nitrogen and oxygen atoms in total. The molecule has 0 fully saturated rings. The Kier molecular flexibility index (Phi) is 3.18. The standard InChI is InChI=1S/C6H10N2S2/c1-5(2)8-10-6-7-3-4-9-6/h3-5,8H,1-2H3. The minimum atomic E-state index is 0.508. The van der Waals surface area contributed by atoms with Gasteiger partial charge in [-0.15, -0.1) is 11.3 Å². The summed E-state index contributed by atoms with van der Waals surface area (Å²) in [6, 6.07) is 0.508. The third-order valence-electron chi connectivity index (χ3n) is 0.792. The van der Waals surface area contributed by atoms with Crippen LogP contribution in [0, 0.1) is 0 Å². The summed E-state index contributed by atoms with van der Waals surface area (Å²) >= 11 is 3.25. The van der Waals surface area contributed by atoms with Crippen LogP contribution in [0.4, 0.5) is 0 Å². The summed E-state index contributed by atoms with van der Waals surface area (Å²) in [5.74, 6) is 0. The van der Waals surface area contributed by atoms with E-state index in [1.165, 1.54) is 0 Å². The molecule has 1 N–H and O–H groups in total. The molecule has 1 heterocycles. The largest absolute Gasteiger partial charge is 0.255 e. The van der Waals surface area contributed by atoms with Crippen LogP contribution < -0.4 is 4.72 Å².